The van der Waals surface area contributed by atoms with Gasteiger partial charge in [0.1, 0.15) is 11.8 Å². The minimum atomic E-state index is 0.380. The molecule has 0 spiro atoms. The highest BCUT2D eigenvalue weighted by molar-refractivity contribution is 5.79. The molecule has 0 radical (unpaired) electrons. The largest absolute Gasteiger partial charge is 0.246 e. The van der Waals surface area contributed by atoms with Crippen molar-refractivity contribution in [3.05, 3.63) is 23.9 Å². The van der Waals surface area contributed by atoms with Crippen LogP contribution in [0.1, 0.15) is 20.8 Å². The van der Waals surface area contributed by atoms with Gasteiger partial charge in [-0.1, -0.05) is 26.5 Å². The maximum absolute atomic E-state index is 8.52. The van der Waals surface area contributed by atoms with Crippen LogP contribution in [0.4, 0.5) is 0 Å². The van der Waals surface area contributed by atoms with Gasteiger partial charge < -0.3 is 0 Å². The molecular formula is C10H14N2. The van der Waals surface area contributed by atoms with Gasteiger partial charge in [0, 0.05) is 6.21 Å². The van der Waals surface area contributed by atoms with E-state index in [1.807, 2.05) is 19.9 Å². The van der Waals surface area contributed by atoms with Crippen LogP contribution in [0.3, 0.4) is 0 Å². The maximum Gasteiger partial charge on any atom is 0.136 e. The molecule has 0 aliphatic heterocycles. The summed E-state index contributed by atoms with van der Waals surface area (Å²) in [7, 11) is 0. The van der Waals surface area contributed by atoms with E-state index < -0.39 is 0 Å². The van der Waals surface area contributed by atoms with E-state index in [9.17, 15) is 0 Å². The molecule has 0 aliphatic carbocycles. The fourth-order valence-corrected chi connectivity index (χ4v) is 0.469. The quantitative estimate of drug-likeness (QED) is 0.464. The summed E-state index contributed by atoms with van der Waals surface area (Å²) in [5.74, 6) is 0.380. The first-order chi connectivity index (χ1) is 5.61. The number of aliphatic imine (C=N–C) groups is 1. The predicted molar refractivity (Wildman–Crippen MR) is 51.8 cm³/mol. The molecule has 0 heterocycles. The van der Waals surface area contributed by atoms with Crippen LogP contribution in [-0.4, -0.2) is 6.21 Å². The lowest BCUT2D eigenvalue weighted by Crippen LogP contribution is -1.92. The summed E-state index contributed by atoms with van der Waals surface area (Å²) in [6.07, 6.45) is 3.31. The molecule has 2 heteroatoms. The predicted octanol–water partition coefficient (Wildman–Crippen LogP) is 2.70. The van der Waals surface area contributed by atoms with Gasteiger partial charge in [-0.2, -0.15) is 5.26 Å². The molecule has 0 bridgehead atoms. The summed E-state index contributed by atoms with van der Waals surface area (Å²) < 4.78 is 0. The summed E-state index contributed by atoms with van der Waals surface area (Å²) in [6, 6.07) is 1.97. The zero-order chi connectivity index (χ0) is 9.56. The highest BCUT2D eigenvalue weighted by Gasteiger charge is 1.95. The molecule has 0 N–H and O–H groups in total. The van der Waals surface area contributed by atoms with Crippen LogP contribution in [0.2, 0.25) is 0 Å². The second-order valence-corrected chi connectivity index (χ2v) is 2.77. The van der Waals surface area contributed by atoms with E-state index in [0.29, 0.717) is 11.6 Å². The smallest absolute Gasteiger partial charge is 0.136 e. The first kappa shape index (κ1) is 10.6. The molecule has 0 aliphatic rings. The Labute approximate surface area is 73.9 Å². The summed E-state index contributed by atoms with van der Waals surface area (Å²) >= 11 is 0. The maximum atomic E-state index is 8.52. The van der Waals surface area contributed by atoms with Gasteiger partial charge in [0.25, 0.3) is 0 Å². The van der Waals surface area contributed by atoms with Gasteiger partial charge in [-0.15, -0.1) is 0 Å². The lowest BCUT2D eigenvalue weighted by Gasteiger charge is -2.00. The summed E-state index contributed by atoms with van der Waals surface area (Å²) in [5, 5.41) is 8.52. The first-order valence-corrected chi connectivity index (χ1v) is 3.91. The van der Waals surface area contributed by atoms with Gasteiger partial charge in [-0.25, -0.2) is 4.99 Å². The molecule has 64 valence electrons. The lowest BCUT2D eigenvalue weighted by molar-refractivity contribution is 0.810. The average molecular weight is 162 g/mol. The first-order valence-electron chi connectivity index (χ1n) is 3.91. The second-order valence-electron chi connectivity index (χ2n) is 2.77. The molecule has 0 aromatic rings. The van der Waals surface area contributed by atoms with E-state index in [2.05, 4.69) is 11.6 Å². The zero-order valence-electron chi connectivity index (χ0n) is 7.83. The van der Waals surface area contributed by atoms with Gasteiger partial charge in [0.05, 0.1) is 0 Å². The van der Waals surface area contributed by atoms with Crippen molar-refractivity contribution in [2.45, 2.75) is 20.8 Å². The van der Waals surface area contributed by atoms with E-state index in [-0.39, 0.29) is 0 Å². The molecule has 0 unspecified atom stereocenters. The molecule has 0 fully saturated rings. The van der Waals surface area contributed by atoms with Crippen LogP contribution < -0.4 is 0 Å². The molecule has 0 aromatic carbocycles. The molecule has 0 saturated heterocycles. The Morgan fingerprint density at radius 1 is 1.58 bits per heavy atom. The molecule has 0 atom stereocenters. The number of nitrogens with zero attached hydrogens (tertiary/aromatic N) is 2. The Hall–Kier alpha value is -1.36. The molecule has 0 amide bonds. The minimum absolute atomic E-state index is 0.380. The Balaban J connectivity index is 4.27. The van der Waals surface area contributed by atoms with Crippen molar-refractivity contribution in [1.29, 1.82) is 5.26 Å². The molecular weight excluding hydrogens is 148 g/mol. The number of rotatable bonds is 3. The van der Waals surface area contributed by atoms with E-state index in [1.54, 1.807) is 19.2 Å². The van der Waals surface area contributed by atoms with E-state index in [1.165, 1.54) is 0 Å². The third-order valence-electron chi connectivity index (χ3n) is 1.50. The Morgan fingerprint density at radius 2 is 2.17 bits per heavy atom. The fourth-order valence-electron chi connectivity index (χ4n) is 0.469. The third-order valence-corrected chi connectivity index (χ3v) is 1.50. The monoisotopic (exact) mass is 162 g/mol. The number of hydrogen-bond donors (Lipinski definition) is 0. The van der Waals surface area contributed by atoms with Crippen molar-refractivity contribution in [3.63, 3.8) is 0 Å². The zero-order valence-corrected chi connectivity index (χ0v) is 7.83. The van der Waals surface area contributed by atoms with Crippen LogP contribution in [0, 0.1) is 17.2 Å². The van der Waals surface area contributed by atoms with Gasteiger partial charge in [0.2, 0.25) is 0 Å². The highest BCUT2D eigenvalue weighted by Crippen LogP contribution is 2.04. The van der Waals surface area contributed by atoms with Crippen LogP contribution in [0.5, 0.6) is 0 Å². The Morgan fingerprint density at radius 3 is 2.50 bits per heavy atom. The van der Waals surface area contributed by atoms with Crippen LogP contribution in [0.25, 0.3) is 0 Å². The van der Waals surface area contributed by atoms with E-state index in [4.69, 9.17) is 5.26 Å². The standard InChI is InChI=1S/C10H14N2/c1-5-10(6-11)12-7-9(4)8(2)3/h5,7-8H,4H2,1-3H3/b10-5-,12-7-. The van der Waals surface area contributed by atoms with Gasteiger partial charge in [-0.05, 0) is 18.4 Å². The van der Waals surface area contributed by atoms with Crippen molar-refractivity contribution >= 4 is 6.21 Å². The minimum Gasteiger partial charge on any atom is -0.246 e. The van der Waals surface area contributed by atoms with Crippen molar-refractivity contribution < 1.29 is 0 Å². The number of nitriles is 1. The fraction of sp³-hybridized carbons (Fsp3) is 0.400. The van der Waals surface area contributed by atoms with Crippen molar-refractivity contribution in [1.82, 2.24) is 0 Å². The summed E-state index contributed by atoms with van der Waals surface area (Å²) in [6.45, 7) is 9.67. The number of allylic oxidation sites excluding steroid dienone is 3. The van der Waals surface area contributed by atoms with Crippen molar-refractivity contribution in [2.75, 3.05) is 0 Å². The van der Waals surface area contributed by atoms with Gasteiger partial charge >= 0.3 is 0 Å². The summed E-state index contributed by atoms with van der Waals surface area (Å²) in [5.41, 5.74) is 1.36. The van der Waals surface area contributed by atoms with E-state index >= 15 is 0 Å². The van der Waals surface area contributed by atoms with Crippen molar-refractivity contribution in [3.8, 4) is 6.07 Å². The van der Waals surface area contributed by atoms with Crippen LogP contribution in [-0.2, 0) is 0 Å². The average Bonchev–Trinajstić information content (AvgIpc) is 2.05. The summed E-state index contributed by atoms with van der Waals surface area (Å²) in [4.78, 5) is 3.96. The highest BCUT2D eigenvalue weighted by atomic mass is 14.7. The lowest BCUT2D eigenvalue weighted by atomic mass is 10.1. The molecule has 0 saturated carbocycles. The van der Waals surface area contributed by atoms with E-state index in [0.717, 1.165) is 5.57 Å². The van der Waals surface area contributed by atoms with Crippen LogP contribution >= 0.6 is 0 Å². The second kappa shape index (κ2) is 5.31. The van der Waals surface area contributed by atoms with Gasteiger partial charge in [-0.3, -0.25) is 0 Å². The molecule has 12 heavy (non-hydrogen) atoms. The molecule has 0 aromatic heterocycles. The Kier molecular flexibility index (Phi) is 4.71. The Bertz CT molecular complexity index is 252. The third kappa shape index (κ3) is 3.72. The number of hydrogen-bond acceptors (Lipinski definition) is 2. The topological polar surface area (TPSA) is 36.1 Å². The van der Waals surface area contributed by atoms with Crippen molar-refractivity contribution in [2.24, 2.45) is 10.9 Å². The van der Waals surface area contributed by atoms with Crippen LogP contribution in [0.15, 0.2) is 28.9 Å². The van der Waals surface area contributed by atoms with Gasteiger partial charge in [0.15, 0.2) is 0 Å². The SMILES string of the molecule is C=C(/C=N\C(C#N)=C/C)C(C)C. The molecule has 0 rings (SSSR count). The molecule has 2 nitrogen and oxygen atoms in total. The normalized spacial score (nSPS) is 12.1.